The quantitative estimate of drug-likeness (QED) is 0.663. The first kappa shape index (κ1) is 20.5. The molecular weight excluding hydrogens is 372 g/mol. The molecule has 1 heterocycles. The smallest absolute Gasteiger partial charge is 0.165 e. The van der Waals surface area contributed by atoms with Gasteiger partial charge in [-0.2, -0.15) is 5.10 Å². The van der Waals surface area contributed by atoms with Gasteiger partial charge >= 0.3 is 0 Å². The van der Waals surface area contributed by atoms with Crippen molar-refractivity contribution in [3.63, 3.8) is 0 Å². The summed E-state index contributed by atoms with van der Waals surface area (Å²) in [4.78, 5) is 13.6. The topological polar surface area (TPSA) is 55.1 Å². The van der Waals surface area contributed by atoms with Gasteiger partial charge in [-0.15, -0.1) is 0 Å². The first-order valence-corrected chi connectivity index (χ1v) is 12.1. The number of rotatable bonds is 1. The van der Waals surface area contributed by atoms with Crippen molar-refractivity contribution in [1.82, 2.24) is 9.78 Å². The third-order valence-corrected chi connectivity index (χ3v) is 10.2. The van der Waals surface area contributed by atoms with Crippen molar-refractivity contribution in [3.8, 4) is 0 Å². The van der Waals surface area contributed by atoms with Gasteiger partial charge < -0.3 is 5.11 Å². The molecule has 0 saturated heterocycles. The number of carbonyl (C=O) groups excluding carboxylic acids is 1. The van der Waals surface area contributed by atoms with Crippen LogP contribution in [0.5, 0.6) is 0 Å². The highest BCUT2D eigenvalue weighted by molar-refractivity contribution is 6.06. The van der Waals surface area contributed by atoms with Crippen molar-refractivity contribution in [3.05, 3.63) is 22.5 Å². The molecule has 1 N–H and O–H groups in total. The third kappa shape index (κ3) is 2.75. The maximum Gasteiger partial charge on any atom is 0.165 e. The molecule has 0 aromatic carbocycles. The number of aromatic nitrogens is 2. The lowest BCUT2D eigenvalue weighted by Crippen LogP contribution is -2.54. The van der Waals surface area contributed by atoms with Crippen LogP contribution in [0.25, 0.3) is 6.08 Å². The summed E-state index contributed by atoms with van der Waals surface area (Å²) in [6.45, 7) is 8.91. The van der Waals surface area contributed by atoms with E-state index in [1.54, 1.807) is 0 Å². The van der Waals surface area contributed by atoms with Crippen molar-refractivity contribution < 1.29 is 9.90 Å². The summed E-state index contributed by atoms with van der Waals surface area (Å²) in [6, 6.07) is 0. The van der Waals surface area contributed by atoms with E-state index >= 15 is 0 Å². The van der Waals surface area contributed by atoms with E-state index in [4.69, 9.17) is 0 Å². The van der Waals surface area contributed by atoms with Gasteiger partial charge in [0.1, 0.15) is 0 Å². The van der Waals surface area contributed by atoms with E-state index in [2.05, 4.69) is 31.9 Å². The highest BCUT2D eigenvalue weighted by atomic mass is 16.3. The summed E-state index contributed by atoms with van der Waals surface area (Å²) in [7, 11) is 1.98. The van der Waals surface area contributed by atoms with E-state index in [0.29, 0.717) is 29.0 Å². The fourth-order valence-electron chi connectivity index (χ4n) is 8.21. The molecule has 164 valence electrons. The Labute approximate surface area is 181 Å². The molecular formula is C26H38N2O2. The Morgan fingerprint density at radius 1 is 1.10 bits per heavy atom. The number of hydrogen-bond acceptors (Lipinski definition) is 3. The largest absolute Gasteiger partial charge is 0.393 e. The Balaban J connectivity index is 1.47. The maximum atomic E-state index is 13.6. The zero-order valence-corrected chi connectivity index (χ0v) is 19.4. The van der Waals surface area contributed by atoms with Crippen LogP contribution >= 0.6 is 0 Å². The Bertz CT molecular complexity index is 914. The fraction of sp³-hybridized carbons (Fsp3) is 0.769. The SMILES string of the molecule is Cc1nn(C)c(C)c1/C=C1/C[C@H]2[C@@H]3CC[C@@H]4C[C@H](O)CC[C@]4(C)[C@H]3CC[C@]2(C)C1=O. The van der Waals surface area contributed by atoms with Gasteiger partial charge in [0.25, 0.3) is 0 Å². The fourth-order valence-corrected chi connectivity index (χ4v) is 8.21. The molecule has 5 rings (SSSR count). The predicted octanol–water partition coefficient (Wildman–Crippen LogP) is 5.00. The number of hydrogen-bond donors (Lipinski definition) is 1. The summed E-state index contributed by atoms with van der Waals surface area (Å²) >= 11 is 0. The standard InChI is InChI=1S/C26H38N2O2/c1-15-21(16(2)28(5)27-15)12-17-13-23-20-7-6-18-14-19(29)8-10-25(18,3)22(20)9-11-26(23,4)24(17)30/h12,18-20,22-23,29H,6-11,13-14H2,1-5H3/b17-12-/t18-,19-,20-,22+,23+,25+,26+/m1/s1. The first-order chi connectivity index (χ1) is 14.1. The molecule has 4 aliphatic carbocycles. The molecule has 1 aromatic rings. The number of ketones is 1. The number of Topliss-reactive ketones (excluding diaryl/α,β-unsaturated/α-hetero) is 1. The van der Waals surface area contributed by atoms with Crippen LogP contribution in [0.4, 0.5) is 0 Å². The molecule has 0 spiro atoms. The molecule has 7 atom stereocenters. The van der Waals surface area contributed by atoms with E-state index in [9.17, 15) is 9.90 Å². The van der Waals surface area contributed by atoms with E-state index in [-0.39, 0.29) is 11.5 Å². The van der Waals surface area contributed by atoms with Gasteiger partial charge in [-0.05, 0) is 106 Å². The second kappa shape index (κ2) is 6.79. The second-order valence-corrected chi connectivity index (χ2v) is 11.5. The van der Waals surface area contributed by atoms with Crippen LogP contribution in [0.3, 0.4) is 0 Å². The summed E-state index contributed by atoms with van der Waals surface area (Å²) < 4.78 is 1.92. The molecule has 4 saturated carbocycles. The Kier molecular flexibility index (Phi) is 4.63. The van der Waals surface area contributed by atoms with E-state index in [0.717, 1.165) is 60.5 Å². The molecule has 4 heteroatoms. The molecule has 0 unspecified atom stereocenters. The normalized spacial score (nSPS) is 44.7. The van der Waals surface area contributed by atoms with Crippen LogP contribution in [0.2, 0.25) is 0 Å². The van der Waals surface area contributed by atoms with E-state index < -0.39 is 0 Å². The highest BCUT2D eigenvalue weighted by Crippen LogP contribution is 2.66. The molecule has 4 nitrogen and oxygen atoms in total. The number of aliphatic hydroxyl groups excluding tert-OH is 1. The van der Waals surface area contributed by atoms with Gasteiger partial charge in [-0.1, -0.05) is 13.8 Å². The molecule has 0 aliphatic heterocycles. The van der Waals surface area contributed by atoms with Crippen LogP contribution in [-0.4, -0.2) is 26.8 Å². The van der Waals surface area contributed by atoms with Gasteiger partial charge in [-0.3, -0.25) is 9.48 Å². The monoisotopic (exact) mass is 410 g/mol. The van der Waals surface area contributed by atoms with Gasteiger partial charge in [0.15, 0.2) is 5.78 Å². The summed E-state index contributed by atoms with van der Waals surface area (Å²) in [5, 5.41) is 14.8. The number of carbonyl (C=O) groups is 1. The molecule has 0 bridgehead atoms. The lowest BCUT2D eigenvalue weighted by molar-refractivity contribution is -0.141. The molecule has 30 heavy (non-hydrogen) atoms. The minimum absolute atomic E-state index is 0.0953. The minimum atomic E-state index is -0.186. The van der Waals surface area contributed by atoms with Gasteiger partial charge in [0, 0.05) is 23.7 Å². The number of fused-ring (bicyclic) bond motifs is 5. The van der Waals surface area contributed by atoms with E-state index in [1.165, 1.54) is 19.3 Å². The van der Waals surface area contributed by atoms with Crippen molar-refractivity contribution in [1.29, 1.82) is 0 Å². The number of allylic oxidation sites excluding steroid dienone is 1. The zero-order valence-electron chi connectivity index (χ0n) is 19.4. The van der Waals surface area contributed by atoms with E-state index in [1.807, 2.05) is 18.7 Å². The van der Waals surface area contributed by atoms with Gasteiger partial charge in [0.2, 0.25) is 0 Å². The van der Waals surface area contributed by atoms with Gasteiger partial charge in [0.05, 0.1) is 11.8 Å². The molecule has 1 aromatic heterocycles. The minimum Gasteiger partial charge on any atom is -0.393 e. The Morgan fingerprint density at radius 3 is 2.57 bits per heavy atom. The molecule has 0 amide bonds. The summed E-state index contributed by atoms with van der Waals surface area (Å²) in [6.07, 6.45) is 10.8. The zero-order chi connectivity index (χ0) is 21.4. The Morgan fingerprint density at radius 2 is 1.87 bits per heavy atom. The molecule has 4 aliphatic rings. The Hall–Kier alpha value is -1.42. The van der Waals surface area contributed by atoms with Crippen LogP contribution in [-0.2, 0) is 11.8 Å². The lowest BCUT2D eigenvalue weighted by Gasteiger charge is -2.59. The van der Waals surface area contributed by atoms with Crippen molar-refractivity contribution in [2.45, 2.75) is 85.2 Å². The highest BCUT2D eigenvalue weighted by Gasteiger charge is 2.61. The predicted molar refractivity (Wildman–Crippen MR) is 119 cm³/mol. The van der Waals surface area contributed by atoms with Crippen LogP contribution in [0.15, 0.2) is 5.57 Å². The van der Waals surface area contributed by atoms with Crippen molar-refractivity contribution >= 4 is 11.9 Å². The second-order valence-electron chi connectivity index (χ2n) is 11.5. The number of aryl methyl sites for hydroxylation is 2. The van der Waals surface area contributed by atoms with Crippen LogP contribution in [0, 0.1) is 48.3 Å². The third-order valence-electron chi connectivity index (χ3n) is 10.2. The number of aliphatic hydroxyl groups is 1. The van der Waals surface area contributed by atoms with Gasteiger partial charge in [-0.25, -0.2) is 0 Å². The average Bonchev–Trinajstić information content (AvgIpc) is 3.10. The molecule has 4 fully saturated rings. The average molecular weight is 411 g/mol. The van der Waals surface area contributed by atoms with Crippen molar-refractivity contribution in [2.75, 3.05) is 0 Å². The summed E-state index contributed by atoms with van der Waals surface area (Å²) in [5.74, 6) is 2.93. The summed E-state index contributed by atoms with van der Waals surface area (Å²) in [5.41, 5.74) is 4.50. The maximum absolute atomic E-state index is 13.6. The lowest BCUT2D eigenvalue weighted by atomic mass is 9.45. The van der Waals surface area contributed by atoms with Crippen LogP contribution in [0.1, 0.15) is 82.2 Å². The van der Waals surface area contributed by atoms with Crippen LogP contribution < -0.4 is 0 Å². The first-order valence-electron chi connectivity index (χ1n) is 12.1. The van der Waals surface area contributed by atoms with Crippen molar-refractivity contribution in [2.24, 2.45) is 41.5 Å². The molecule has 0 radical (unpaired) electrons. The number of nitrogens with zero attached hydrogens (tertiary/aromatic N) is 2.